The molecule has 0 unspecified atom stereocenters. The summed E-state index contributed by atoms with van der Waals surface area (Å²) in [5.74, 6) is 0.401. The maximum absolute atomic E-state index is 12.1. The van der Waals surface area contributed by atoms with Crippen LogP contribution in [0, 0.1) is 0 Å². The van der Waals surface area contributed by atoms with Gasteiger partial charge in [0.1, 0.15) is 11.6 Å². The molecule has 7 nitrogen and oxygen atoms in total. The van der Waals surface area contributed by atoms with Gasteiger partial charge in [-0.05, 0) is 24.3 Å². The van der Waals surface area contributed by atoms with Crippen molar-refractivity contribution in [2.24, 2.45) is 0 Å². The van der Waals surface area contributed by atoms with Gasteiger partial charge >= 0.3 is 11.8 Å². The molecule has 1 fully saturated rings. The molecule has 2 aromatic rings. The topological polar surface area (TPSA) is 78.7 Å². The molecule has 7 heteroatoms. The molecule has 3 rings (SSSR count). The highest BCUT2D eigenvalue weighted by molar-refractivity contribution is 6.35. The Morgan fingerprint density at radius 1 is 1.13 bits per heavy atom. The lowest BCUT2D eigenvalue weighted by molar-refractivity contribution is -0.146. The Balaban J connectivity index is 1.49. The van der Waals surface area contributed by atoms with E-state index < -0.39 is 11.8 Å². The number of anilines is 1. The van der Waals surface area contributed by atoms with Crippen LogP contribution in [0.2, 0.25) is 0 Å². The van der Waals surface area contributed by atoms with Crippen LogP contribution in [0.15, 0.2) is 47.2 Å². The predicted octanol–water partition coefficient (Wildman–Crippen LogP) is 0.640. The number of carbonyl (C=O) groups excluding carboxylic acids is 2. The number of aromatic nitrogens is 1. The third kappa shape index (κ3) is 3.68. The highest BCUT2D eigenvalue weighted by Crippen LogP contribution is 2.12. The van der Waals surface area contributed by atoms with Crippen LogP contribution >= 0.6 is 0 Å². The Bertz CT molecular complexity index is 649. The molecule has 0 radical (unpaired) electrons. The first kappa shape index (κ1) is 15.1. The van der Waals surface area contributed by atoms with Gasteiger partial charge in [0.2, 0.25) is 0 Å². The summed E-state index contributed by atoms with van der Waals surface area (Å²) in [5, 5.41) is 2.58. The summed E-state index contributed by atoms with van der Waals surface area (Å²) < 4.78 is 5.12. The average Bonchev–Trinajstić information content (AvgIpc) is 3.13. The molecule has 3 heterocycles. The second-order valence-electron chi connectivity index (χ2n) is 5.23. The van der Waals surface area contributed by atoms with Crippen molar-refractivity contribution in [2.75, 3.05) is 31.1 Å². The Labute approximate surface area is 133 Å². The van der Waals surface area contributed by atoms with Gasteiger partial charge in [-0.15, -0.1) is 0 Å². The first-order valence-corrected chi connectivity index (χ1v) is 7.49. The molecular weight excluding hydrogens is 296 g/mol. The van der Waals surface area contributed by atoms with E-state index in [2.05, 4.69) is 15.2 Å². The van der Waals surface area contributed by atoms with Gasteiger partial charge in [-0.1, -0.05) is 6.07 Å². The number of nitrogens with zero attached hydrogens (tertiary/aromatic N) is 3. The summed E-state index contributed by atoms with van der Waals surface area (Å²) in [6.45, 7) is 2.54. The van der Waals surface area contributed by atoms with E-state index in [1.165, 1.54) is 6.26 Å². The molecule has 1 aliphatic rings. The Morgan fingerprint density at radius 3 is 2.61 bits per heavy atom. The second-order valence-corrected chi connectivity index (χ2v) is 5.23. The van der Waals surface area contributed by atoms with E-state index in [1.54, 1.807) is 23.2 Å². The van der Waals surface area contributed by atoms with Crippen LogP contribution in [0.5, 0.6) is 0 Å². The SMILES string of the molecule is O=C(NCc1ccco1)C(=O)N1CCN(c2ccccn2)CC1. The van der Waals surface area contributed by atoms with Crippen LogP contribution in [-0.4, -0.2) is 47.9 Å². The molecule has 2 aromatic heterocycles. The van der Waals surface area contributed by atoms with Crippen molar-refractivity contribution in [3.63, 3.8) is 0 Å². The molecular formula is C16H18N4O3. The van der Waals surface area contributed by atoms with Crippen LogP contribution in [0.3, 0.4) is 0 Å². The number of pyridine rings is 1. The largest absolute Gasteiger partial charge is 0.467 e. The molecule has 0 bridgehead atoms. The maximum Gasteiger partial charge on any atom is 0.312 e. The van der Waals surface area contributed by atoms with E-state index in [1.807, 2.05) is 18.2 Å². The van der Waals surface area contributed by atoms with Crippen molar-refractivity contribution in [3.8, 4) is 0 Å². The lowest BCUT2D eigenvalue weighted by Crippen LogP contribution is -2.52. The summed E-state index contributed by atoms with van der Waals surface area (Å²) in [7, 11) is 0. The highest BCUT2D eigenvalue weighted by atomic mass is 16.3. The summed E-state index contributed by atoms with van der Waals surface area (Å²) in [6, 6.07) is 9.22. The summed E-state index contributed by atoms with van der Waals surface area (Å²) >= 11 is 0. The minimum atomic E-state index is -0.604. The standard InChI is InChI=1S/C16H18N4O3/c21-15(18-12-13-4-3-11-23-13)16(22)20-9-7-19(8-10-20)14-5-1-2-6-17-14/h1-6,11H,7-10,12H2,(H,18,21). The molecule has 0 aliphatic carbocycles. The number of furan rings is 1. The van der Waals surface area contributed by atoms with Gasteiger partial charge in [-0.3, -0.25) is 9.59 Å². The van der Waals surface area contributed by atoms with Crippen molar-refractivity contribution < 1.29 is 14.0 Å². The van der Waals surface area contributed by atoms with Gasteiger partial charge in [-0.25, -0.2) is 4.98 Å². The van der Waals surface area contributed by atoms with Gasteiger partial charge in [0.05, 0.1) is 12.8 Å². The fourth-order valence-electron chi connectivity index (χ4n) is 2.48. The molecule has 120 valence electrons. The number of hydrogen-bond donors (Lipinski definition) is 1. The summed E-state index contributed by atoms with van der Waals surface area (Å²) in [6.07, 6.45) is 3.27. The molecule has 0 atom stereocenters. The molecule has 1 N–H and O–H groups in total. The van der Waals surface area contributed by atoms with Crippen LogP contribution in [0.1, 0.15) is 5.76 Å². The first-order chi connectivity index (χ1) is 11.2. The van der Waals surface area contributed by atoms with E-state index in [9.17, 15) is 9.59 Å². The van der Waals surface area contributed by atoms with Crippen molar-refractivity contribution in [3.05, 3.63) is 48.6 Å². The summed E-state index contributed by atoms with van der Waals surface area (Å²) in [5.41, 5.74) is 0. The molecule has 2 amide bonds. The zero-order chi connectivity index (χ0) is 16.1. The second kappa shape index (κ2) is 6.95. The van der Waals surface area contributed by atoms with Crippen molar-refractivity contribution >= 4 is 17.6 Å². The van der Waals surface area contributed by atoms with E-state index in [0.717, 1.165) is 5.82 Å². The molecule has 0 aromatic carbocycles. The van der Waals surface area contributed by atoms with Gasteiger partial charge in [0.15, 0.2) is 0 Å². The van der Waals surface area contributed by atoms with Crippen molar-refractivity contribution in [1.29, 1.82) is 0 Å². The van der Waals surface area contributed by atoms with Crippen LogP contribution in [0.25, 0.3) is 0 Å². The fourth-order valence-corrected chi connectivity index (χ4v) is 2.48. The molecule has 0 spiro atoms. The Morgan fingerprint density at radius 2 is 1.96 bits per heavy atom. The number of rotatable bonds is 3. The zero-order valence-electron chi connectivity index (χ0n) is 12.6. The number of nitrogens with one attached hydrogen (secondary N) is 1. The van der Waals surface area contributed by atoms with E-state index >= 15 is 0 Å². The van der Waals surface area contributed by atoms with E-state index in [0.29, 0.717) is 31.9 Å². The maximum atomic E-state index is 12.1. The van der Waals surface area contributed by atoms with E-state index in [4.69, 9.17) is 4.42 Å². The zero-order valence-corrected chi connectivity index (χ0v) is 12.6. The third-order valence-corrected chi connectivity index (χ3v) is 3.74. The highest BCUT2D eigenvalue weighted by Gasteiger charge is 2.26. The number of piperazine rings is 1. The monoisotopic (exact) mass is 314 g/mol. The number of amides is 2. The van der Waals surface area contributed by atoms with Gasteiger partial charge in [0.25, 0.3) is 0 Å². The van der Waals surface area contributed by atoms with Crippen LogP contribution < -0.4 is 10.2 Å². The first-order valence-electron chi connectivity index (χ1n) is 7.49. The minimum absolute atomic E-state index is 0.214. The molecule has 1 saturated heterocycles. The third-order valence-electron chi connectivity index (χ3n) is 3.74. The van der Waals surface area contributed by atoms with Gasteiger partial charge in [-0.2, -0.15) is 0 Å². The normalized spacial score (nSPS) is 14.6. The molecule has 23 heavy (non-hydrogen) atoms. The number of hydrogen-bond acceptors (Lipinski definition) is 5. The Hall–Kier alpha value is -2.83. The fraction of sp³-hybridized carbons (Fsp3) is 0.312. The predicted molar refractivity (Wildman–Crippen MR) is 83.6 cm³/mol. The van der Waals surface area contributed by atoms with Crippen LogP contribution in [-0.2, 0) is 16.1 Å². The minimum Gasteiger partial charge on any atom is -0.467 e. The number of carbonyl (C=O) groups is 2. The Kier molecular flexibility index (Phi) is 4.56. The molecule has 0 saturated carbocycles. The van der Waals surface area contributed by atoms with Gasteiger partial charge in [0, 0.05) is 32.4 Å². The van der Waals surface area contributed by atoms with E-state index in [-0.39, 0.29) is 6.54 Å². The van der Waals surface area contributed by atoms with Crippen molar-refractivity contribution in [1.82, 2.24) is 15.2 Å². The van der Waals surface area contributed by atoms with Crippen LogP contribution in [0.4, 0.5) is 5.82 Å². The van der Waals surface area contributed by atoms with Gasteiger partial charge < -0.3 is 19.5 Å². The summed E-state index contributed by atoms with van der Waals surface area (Å²) in [4.78, 5) is 32.0. The quantitative estimate of drug-likeness (QED) is 0.841. The average molecular weight is 314 g/mol. The lowest BCUT2D eigenvalue weighted by Gasteiger charge is -2.34. The van der Waals surface area contributed by atoms with Crippen molar-refractivity contribution in [2.45, 2.75) is 6.54 Å². The lowest BCUT2D eigenvalue weighted by atomic mass is 10.3. The smallest absolute Gasteiger partial charge is 0.312 e. The molecule has 1 aliphatic heterocycles.